The molecule has 1 fully saturated rings. The van der Waals surface area contributed by atoms with Gasteiger partial charge in [0.15, 0.2) is 0 Å². The van der Waals surface area contributed by atoms with Crippen LogP contribution in [0.4, 0.5) is 10.5 Å². The molecule has 0 aromatic heterocycles. The second-order valence-electron chi connectivity index (χ2n) is 3.32. The maximum absolute atomic E-state index is 11.7. The molecule has 16 heavy (non-hydrogen) atoms. The summed E-state index contributed by atoms with van der Waals surface area (Å²) in [4.78, 5) is 13.3. The molecule has 0 aliphatic carbocycles. The van der Waals surface area contributed by atoms with Crippen LogP contribution < -0.4 is 4.90 Å². The summed E-state index contributed by atoms with van der Waals surface area (Å²) in [6, 6.07) is 7.13. The largest absolute Gasteiger partial charge is 0.419 e. The number of amides is 1. The van der Waals surface area contributed by atoms with Crippen LogP contribution in [0.15, 0.2) is 34.1 Å². The van der Waals surface area contributed by atoms with Crippen molar-refractivity contribution in [2.75, 3.05) is 11.4 Å². The molecule has 0 saturated carbocycles. The molecular formula is C11H9ClINO2. The molecule has 1 amide bonds. The smallest absolute Gasteiger partial charge is 0.414 e. The Morgan fingerprint density at radius 3 is 2.62 bits per heavy atom. The highest BCUT2D eigenvalue weighted by Crippen LogP contribution is 2.24. The van der Waals surface area contributed by atoms with Crippen LogP contribution in [-0.4, -0.2) is 12.6 Å². The van der Waals surface area contributed by atoms with Crippen LogP contribution in [0.5, 0.6) is 0 Å². The second kappa shape index (κ2) is 5.05. The zero-order chi connectivity index (χ0) is 11.5. The minimum atomic E-state index is -0.337. The highest BCUT2D eigenvalue weighted by atomic mass is 127. The Labute approximate surface area is 112 Å². The molecule has 0 spiro atoms. The predicted octanol–water partition coefficient (Wildman–Crippen LogP) is 3.96. The van der Waals surface area contributed by atoms with Gasteiger partial charge in [0, 0.05) is 27.8 Å². The van der Waals surface area contributed by atoms with E-state index in [0.717, 1.165) is 17.9 Å². The zero-order valence-corrected chi connectivity index (χ0v) is 11.2. The quantitative estimate of drug-likeness (QED) is 0.718. The lowest BCUT2D eigenvalue weighted by molar-refractivity contribution is 0.172. The summed E-state index contributed by atoms with van der Waals surface area (Å²) in [5.41, 5.74) is 0.807. The summed E-state index contributed by atoms with van der Waals surface area (Å²) in [6.07, 6.45) is 0.397. The third kappa shape index (κ3) is 2.49. The molecular weight excluding hydrogens is 340 g/mol. The molecule has 3 nitrogen and oxygen atoms in total. The molecule has 1 saturated heterocycles. The van der Waals surface area contributed by atoms with Gasteiger partial charge in [-0.1, -0.05) is 11.6 Å². The van der Waals surface area contributed by atoms with E-state index >= 15 is 0 Å². The van der Waals surface area contributed by atoms with Crippen molar-refractivity contribution in [1.82, 2.24) is 0 Å². The monoisotopic (exact) mass is 349 g/mol. The van der Waals surface area contributed by atoms with Gasteiger partial charge in [0.25, 0.3) is 0 Å². The van der Waals surface area contributed by atoms with Crippen molar-refractivity contribution in [3.05, 3.63) is 39.1 Å². The number of halogens is 2. The van der Waals surface area contributed by atoms with Crippen LogP contribution in [-0.2, 0) is 4.74 Å². The highest BCUT2D eigenvalue weighted by Gasteiger charge is 2.24. The van der Waals surface area contributed by atoms with Gasteiger partial charge >= 0.3 is 6.09 Å². The lowest BCUT2D eigenvalue weighted by Crippen LogP contribution is -2.36. The summed E-state index contributed by atoms with van der Waals surface area (Å²) in [5.74, 6) is 0.718. The molecule has 84 valence electrons. The summed E-state index contributed by atoms with van der Waals surface area (Å²) >= 11 is 7.86. The molecule has 0 bridgehead atoms. The molecule has 5 heteroatoms. The highest BCUT2D eigenvalue weighted by molar-refractivity contribution is 14.1. The lowest BCUT2D eigenvalue weighted by Gasteiger charge is -2.27. The fraction of sp³-hybridized carbons (Fsp3) is 0.182. The molecule has 2 rings (SSSR count). The van der Waals surface area contributed by atoms with Crippen molar-refractivity contribution < 1.29 is 9.53 Å². The SMILES string of the molecule is O=C1O/C(=C/I)CCN1c1ccc(Cl)cc1. The van der Waals surface area contributed by atoms with E-state index in [0.29, 0.717) is 11.6 Å². The number of carbonyl (C=O) groups excluding carboxylic acids is 1. The van der Waals surface area contributed by atoms with E-state index in [-0.39, 0.29) is 6.09 Å². The van der Waals surface area contributed by atoms with Gasteiger partial charge in [-0.3, -0.25) is 4.90 Å². The number of hydrogen-bond donors (Lipinski definition) is 0. The topological polar surface area (TPSA) is 29.5 Å². The van der Waals surface area contributed by atoms with E-state index in [1.807, 2.05) is 12.1 Å². The first kappa shape index (κ1) is 11.7. The van der Waals surface area contributed by atoms with Gasteiger partial charge in [0.2, 0.25) is 0 Å². The molecule has 0 radical (unpaired) electrons. The van der Waals surface area contributed by atoms with Gasteiger partial charge in [0.05, 0.1) is 0 Å². The minimum absolute atomic E-state index is 0.337. The summed E-state index contributed by atoms with van der Waals surface area (Å²) < 4.78 is 6.93. The third-order valence-corrected chi connectivity index (χ3v) is 3.23. The number of hydrogen-bond acceptors (Lipinski definition) is 2. The first-order valence-corrected chi connectivity index (χ1v) is 6.37. The Morgan fingerprint density at radius 2 is 2.06 bits per heavy atom. The molecule has 1 aromatic rings. The standard InChI is InChI=1S/C11H9ClINO2/c12-8-1-3-9(4-2-8)14-6-5-10(7-13)16-11(14)15/h1-4,7H,5-6H2/b10-7+. The van der Waals surface area contributed by atoms with Crippen LogP contribution in [0.1, 0.15) is 6.42 Å². The van der Waals surface area contributed by atoms with Gasteiger partial charge in [-0.05, 0) is 46.9 Å². The number of benzene rings is 1. The molecule has 0 unspecified atom stereocenters. The summed E-state index contributed by atoms with van der Waals surface area (Å²) in [5, 5.41) is 0.655. The van der Waals surface area contributed by atoms with E-state index in [9.17, 15) is 4.79 Å². The average Bonchev–Trinajstić information content (AvgIpc) is 2.30. The van der Waals surface area contributed by atoms with E-state index in [2.05, 4.69) is 22.6 Å². The summed E-state index contributed by atoms with van der Waals surface area (Å²) in [6.45, 7) is 0.634. The first-order valence-electron chi connectivity index (χ1n) is 4.75. The van der Waals surface area contributed by atoms with E-state index in [1.54, 1.807) is 21.1 Å². The van der Waals surface area contributed by atoms with E-state index in [4.69, 9.17) is 16.3 Å². The number of anilines is 1. The van der Waals surface area contributed by atoms with Crippen LogP contribution in [0.3, 0.4) is 0 Å². The normalized spacial score (nSPS) is 18.8. The number of cyclic esters (lactones) is 1. The van der Waals surface area contributed by atoms with Crippen LogP contribution >= 0.6 is 34.2 Å². The Morgan fingerprint density at radius 1 is 1.38 bits per heavy atom. The lowest BCUT2D eigenvalue weighted by atomic mass is 10.2. The van der Waals surface area contributed by atoms with Crippen molar-refractivity contribution in [1.29, 1.82) is 0 Å². The fourth-order valence-electron chi connectivity index (χ4n) is 1.46. The van der Waals surface area contributed by atoms with E-state index in [1.165, 1.54) is 0 Å². The van der Waals surface area contributed by atoms with Crippen LogP contribution in [0, 0.1) is 0 Å². The van der Waals surface area contributed by atoms with Gasteiger partial charge in [-0.15, -0.1) is 0 Å². The maximum Gasteiger partial charge on any atom is 0.419 e. The number of rotatable bonds is 1. The first-order chi connectivity index (χ1) is 7.70. The molecule has 1 aliphatic rings. The third-order valence-electron chi connectivity index (χ3n) is 2.28. The van der Waals surface area contributed by atoms with Crippen molar-refractivity contribution in [2.24, 2.45) is 0 Å². The Kier molecular flexibility index (Phi) is 3.70. The predicted molar refractivity (Wildman–Crippen MR) is 72.0 cm³/mol. The van der Waals surface area contributed by atoms with Gasteiger partial charge in [-0.25, -0.2) is 4.79 Å². The van der Waals surface area contributed by atoms with Crippen molar-refractivity contribution >= 4 is 46.0 Å². The van der Waals surface area contributed by atoms with Crippen LogP contribution in [0.2, 0.25) is 5.02 Å². The second-order valence-corrected chi connectivity index (χ2v) is 4.38. The molecule has 1 heterocycles. The van der Waals surface area contributed by atoms with Gasteiger partial charge in [-0.2, -0.15) is 0 Å². The molecule has 1 aliphatic heterocycles. The zero-order valence-electron chi connectivity index (χ0n) is 8.32. The minimum Gasteiger partial charge on any atom is -0.414 e. The molecule has 0 atom stereocenters. The maximum atomic E-state index is 11.7. The average molecular weight is 350 g/mol. The van der Waals surface area contributed by atoms with Crippen molar-refractivity contribution in [3.63, 3.8) is 0 Å². The summed E-state index contributed by atoms with van der Waals surface area (Å²) in [7, 11) is 0. The molecule has 0 N–H and O–H groups in total. The number of ether oxygens (including phenoxy) is 1. The van der Waals surface area contributed by atoms with Crippen molar-refractivity contribution in [3.8, 4) is 0 Å². The Hall–Kier alpha value is -0.750. The fourth-order valence-corrected chi connectivity index (χ4v) is 2.03. The van der Waals surface area contributed by atoms with Crippen molar-refractivity contribution in [2.45, 2.75) is 6.42 Å². The van der Waals surface area contributed by atoms with Gasteiger partial charge < -0.3 is 4.74 Å². The van der Waals surface area contributed by atoms with Gasteiger partial charge in [0.1, 0.15) is 5.76 Å². The molecule has 1 aromatic carbocycles. The van der Waals surface area contributed by atoms with Crippen LogP contribution in [0.25, 0.3) is 0 Å². The Bertz CT molecular complexity index is 430. The Balaban J connectivity index is 2.17. The number of carbonyl (C=O) groups is 1. The van der Waals surface area contributed by atoms with E-state index < -0.39 is 0 Å². The number of nitrogens with zero attached hydrogens (tertiary/aromatic N) is 1.